The summed E-state index contributed by atoms with van der Waals surface area (Å²) in [7, 11) is 0. The van der Waals surface area contributed by atoms with Gasteiger partial charge in [-0.25, -0.2) is 0 Å². The van der Waals surface area contributed by atoms with Crippen LogP contribution in [0.25, 0.3) is 16.5 Å². The number of primary amides is 1. The van der Waals surface area contributed by atoms with Gasteiger partial charge in [0.1, 0.15) is 0 Å². The second-order valence-electron chi connectivity index (χ2n) is 10.2. The summed E-state index contributed by atoms with van der Waals surface area (Å²) in [6.07, 6.45) is 0.725. The zero-order valence-corrected chi connectivity index (χ0v) is 22.8. The first kappa shape index (κ1) is 27.3. The zero-order chi connectivity index (χ0) is 28.1. The van der Waals surface area contributed by atoms with Crippen molar-refractivity contribution in [1.29, 1.82) is 0 Å². The van der Waals surface area contributed by atoms with Gasteiger partial charge in [0.05, 0.1) is 23.8 Å². The van der Waals surface area contributed by atoms with E-state index in [1.807, 2.05) is 90.7 Å². The maximum Gasteiger partial charge on any atom is 0.263 e. The van der Waals surface area contributed by atoms with Gasteiger partial charge in [-0.1, -0.05) is 73.7 Å². The summed E-state index contributed by atoms with van der Waals surface area (Å²) in [6, 6.07) is 26.6. The Hall–Kier alpha value is -4.27. The average molecular weight is 538 g/mol. The maximum atomic E-state index is 14.2. The van der Waals surface area contributed by atoms with E-state index in [2.05, 4.69) is 10.2 Å². The smallest absolute Gasteiger partial charge is 0.263 e. The van der Waals surface area contributed by atoms with Gasteiger partial charge in [0.2, 0.25) is 5.91 Å². The molecule has 1 fully saturated rings. The summed E-state index contributed by atoms with van der Waals surface area (Å²) in [4.78, 5) is 43.9. The van der Waals surface area contributed by atoms with Gasteiger partial charge in [-0.2, -0.15) is 0 Å². The fraction of sp³-hybridized carbons (Fsp3) is 0.281. The predicted molar refractivity (Wildman–Crippen MR) is 157 cm³/mol. The lowest BCUT2D eigenvalue weighted by molar-refractivity contribution is -0.119. The number of amides is 2. The standard InChI is InChI=1S/C32H35N5O3/c1-2-27(23-11-5-3-6-12-23)34-31(39)30-25-15-9-10-16-26(25)32(40)37(24-13-7-4-8-14-24)28(30)21-35-17-19-36(20-18-35)22-29(33)38/h3-16,27H,2,17-22H2,1H3,(H2,33,38)(H,34,39)/t27-/m0/s1. The second-order valence-corrected chi connectivity index (χ2v) is 10.2. The number of benzene rings is 3. The molecule has 8 nitrogen and oxygen atoms in total. The monoisotopic (exact) mass is 537 g/mol. The highest BCUT2D eigenvalue weighted by molar-refractivity contribution is 6.08. The third-order valence-corrected chi connectivity index (χ3v) is 7.56. The lowest BCUT2D eigenvalue weighted by Crippen LogP contribution is -2.49. The molecule has 2 amide bonds. The summed E-state index contributed by atoms with van der Waals surface area (Å²) in [5.41, 5.74) is 8.15. The first-order chi connectivity index (χ1) is 19.5. The number of para-hydroxylation sites is 1. The van der Waals surface area contributed by atoms with Crippen LogP contribution in [0.5, 0.6) is 0 Å². The SMILES string of the molecule is CC[C@H](NC(=O)c1c(CN2CCN(CC(N)=O)CC2)n(-c2ccccc2)c(=O)c2ccccc12)c1ccccc1. The molecule has 1 aliphatic heterocycles. The molecule has 1 saturated heterocycles. The van der Waals surface area contributed by atoms with Gasteiger partial charge >= 0.3 is 0 Å². The van der Waals surface area contributed by atoms with E-state index in [-0.39, 0.29) is 30.0 Å². The fourth-order valence-electron chi connectivity index (χ4n) is 5.53. The Bertz CT molecular complexity index is 1540. The number of nitrogens with one attached hydrogen (secondary N) is 1. The topological polar surface area (TPSA) is 101 Å². The van der Waals surface area contributed by atoms with Crippen LogP contribution < -0.4 is 16.6 Å². The van der Waals surface area contributed by atoms with Gasteiger partial charge in [0.25, 0.3) is 11.5 Å². The molecule has 0 spiro atoms. The van der Waals surface area contributed by atoms with E-state index in [9.17, 15) is 14.4 Å². The van der Waals surface area contributed by atoms with E-state index in [1.165, 1.54) is 0 Å². The molecule has 8 heteroatoms. The van der Waals surface area contributed by atoms with Crippen molar-refractivity contribution in [3.05, 3.63) is 112 Å². The van der Waals surface area contributed by atoms with Crippen molar-refractivity contribution in [2.45, 2.75) is 25.9 Å². The van der Waals surface area contributed by atoms with Crippen molar-refractivity contribution in [3.8, 4) is 5.69 Å². The number of nitrogens with zero attached hydrogens (tertiary/aromatic N) is 3. The van der Waals surface area contributed by atoms with Crippen LogP contribution in [0.1, 0.15) is 41.0 Å². The molecule has 1 atom stereocenters. The number of carbonyl (C=O) groups excluding carboxylic acids is 2. The Labute approximate surface area is 234 Å². The quantitative estimate of drug-likeness (QED) is 0.341. The molecule has 3 aromatic carbocycles. The van der Waals surface area contributed by atoms with E-state index in [0.29, 0.717) is 60.4 Å². The van der Waals surface area contributed by atoms with Crippen LogP contribution in [-0.4, -0.2) is 58.9 Å². The molecule has 2 heterocycles. The van der Waals surface area contributed by atoms with Crippen LogP contribution in [-0.2, 0) is 11.3 Å². The van der Waals surface area contributed by atoms with Gasteiger partial charge in [0.15, 0.2) is 0 Å². The van der Waals surface area contributed by atoms with Crippen LogP contribution in [0, 0.1) is 0 Å². The van der Waals surface area contributed by atoms with Crippen LogP contribution >= 0.6 is 0 Å². The van der Waals surface area contributed by atoms with Gasteiger partial charge in [-0.3, -0.25) is 28.8 Å². The summed E-state index contributed by atoms with van der Waals surface area (Å²) in [5.74, 6) is -0.553. The van der Waals surface area contributed by atoms with E-state index in [0.717, 1.165) is 12.0 Å². The highest BCUT2D eigenvalue weighted by Gasteiger charge is 2.27. The van der Waals surface area contributed by atoms with Crippen molar-refractivity contribution < 1.29 is 9.59 Å². The molecule has 40 heavy (non-hydrogen) atoms. The first-order valence-electron chi connectivity index (χ1n) is 13.8. The molecule has 1 aromatic heterocycles. The molecule has 0 saturated carbocycles. The minimum Gasteiger partial charge on any atom is -0.369 e. The molecule has 0 unspecified atom stereocenters. The molecule has 5 rings (SSSR count). The van der Waals surface area contributed by atoms with E-state index >= 15 is 0 Å². The number of rotatable bonds is 9. The molecule has 1 aliphatic rings. The van der Waals surface area contributed by atoms with Crippen LogP contribution in [0.2, 0.25) is 0 Å². The lowest BCUT2D eigenvalue weighted by atomic mass is 9.99. The number of piperazine rings is 1. The van der Waals surface area contributed by atoms with Gasteiger partial charge < -0.3 is 11.1 Å². The Morgan fingerprint density at radius 2 is 1.40 bits per heavy atom. The Balaban J connectivity index is 1.62. The average Bonchev–Trinajstić information content (AvgIpc) is 2.98. The van der Waals surface area contributed by atoms with Crippen molar-refractivity contribution in [1.82, 2.24) is 19.7 Å². The van der Waals surface area contributed by atoms with Crippen molar-refractivity contribution in [2.75, 3.05) is 32.7 Å². The van der Waals surface area contributed by atoms with Crippen molar-refractivity contribution in [3.63, 3.8) is 0 Å². The summed E-state index contributed by atoms with van der Waals surface area (Å²) < 4.78 is 1.69. The van der Waals surface area contributed by atoms with Gasteiger partial charge in [-0.15, -0.1) is 0 Å². The maximum absolute atomic E-state index is 14.2. The molecular formula is C32H35N5O3. The molecule has 206 valence electrons. The van der Waals surface area contributed by atoms with Crippen molar-refractivity contribution in [2.24, 2.45) is 5.73 Å². The number of hydrogen-bond acceptors (Lipinski definition) is 5. The molecule has 0 aliphatic carbocycles. The third kappa shape index (κ3) is 5.83. The van der Waals surface area contributed by atoms with E-state index < -0.39 is 0 Å². The minimum absolute atomic E-state index is 0.157. The number of hydrogen-bond donors (Lipinski definition) is 2. The number of nitrogens with two attached hydrogens (primary N) is 1. The number of pyridine rings is 1. The van der Waals surface area contributed by atoms with Crippen LogP contribution in [0.3, 0.4) is 0 Å². The molecule has 4 aromatic rings. The molecule has 0 bridgehead atoms. The summed E-state index contributed by atoms with van der Waals surface area (Å²) in [6.45, 7) is 5.42. The first-order valence-corrected chi connectivity index (χ1v) is 13.8. The number of aromatic nitrogens is 1. The van der Waals surface area contributed by atoms with Crippen LogP contribution in [0.15, 0.2) is 89.7 Å². The molecular weight excluding hydrogens is 502 g/mol. The number of fused-ring (bicyclic) bond motifs is 1. The third-order valence-electron chi connectivity index (χ3n) is 7.56. The molecule has 3 N–H and O–H groups in total. The lowest BCUT2D eigenvalue weighted by Gasteiger charge is -2.35. The van der Waals surface area contributed by atoms with Gasteiger partial charge in [0, 0.05) is 49.2 Å². The zero-order valence-electron chi connectivity index (χ0n) is 22.8. The Morgan fingerprint density at radius 1 is 0.825 bits per heavy atom. The van der Waals surface area contributed by atoms with Gasteiger partial charge in [-0.05, 0) is 30.2 Å². The largest absolute Gasteiger partial charge is 0.369 e. The highest BCUT2D eigenvalue weighted by Crippen LogP contribution is 2.26. The van der Waals surface area contributed by atoms with E-state index in [1.54, 1.807) is 10.6 Å². The second kappa shape index (κ2) is 12.3. The summed E-state index contributed by atoms with van der Waals surface area (Å²) in [5, 5.41) is 4.40. The minimum atomic E-state index is -0.344. The fourth-order valence-corrected chi connectivity index (χ4v) is 5.53. The summed E-state index contributed by atoms with van der Waals surface area (Å²) >= 11 is 0. The Morgan fingerprint density at radius 3 is 2.02 bits per heavy atom. The predicted octanol–water partition coefficient (Wildman–Crippen LogP) is 3.47. The van der Waals surface area contributed by atoms with E-state index in [4.69, 9.17) is 5.73 Å². The Kier molecular flexibility index (Phi) is 8.38. The highest BCUT2D eigenvalue weighted by atomic mass is 16.2. The van der Waals surface area contributed by atoms with Crippen molar-refractivity contribution >= 4 is 22.6 Å². The van der Waals surface area contributed by atoms with Crippen LogP contribution in [0.4, 0.5) is 0 Å². The normalized spacial score (nSPS) is 15.1. The molecule has 0 radical (unpaired) electrons. The number of carbonyl (C=O) groups is 2.